The molecule has 6 aliphatic heterocycles. The Morgan fingerprint density at radius 2 is 1.86 bits per heavy atom. The number of rotatable bonds is 0. The predicted molar refractivity (Wildman–Crippen MR) is 127 cm³/mol. The number of amides is 3. The summed E-state index contributed by atoms with van der Waals surface area (Å²) in [6.07, 6.45) is 7.74. The fourth-order valence-electron chi connectivity index (χ4n) is 8.17. The molecule has 1 aliphatic carbocycles. The van der Waals surface area contributed by atoms with Crippen molar-refractivity contribution in [3.63, 3.8) is 0 Å². The van der Waals surface area contributed by atoms with Gasteiger partial charge < -0.3 is 24.6 Å². The number of piperidine rings is 2. The van der Waals surface area contributed by atoms with Gasteiger partial charge in [0.25, 0.3) is 5.91 Å². The molecule has 0 aromatic heterocycles. The maximum Gasteiger partial charge on any atom is 0.252 e. The van der Waals surface area contributed by atoms with Crippen molar-refractivity contribution in [2.45, 2.75) is 62.6 Å². The second-order valence-electron chi connectivity index (χ2n) is 12.1. The minimum Gasteiger partial charge on any atom is -0.480 e. The van der Waals surface area contributed by atoms with E-state index >= 15 is 0 Å². The number of likely N-dealkylation sites (N-methyl/N-ethyl adjacent to an activating group) is 1. The molecule has 3 amide bonds. The third-order valence-electron chi connectivity index (χ3n) is 9.97. The maximum absolute atomic E-state index is 14.1. The van der Waals surface area contributed by atoms with Crippen LogP contribution in [0.4, 0.5) is 5.69 Å². The second-order valence-corrected chi connectivity index (χ2v) is 12.1. The molecule has 4 fully saturated rings. The first-order valence-corrected chi connectivity index (χ1v) is 12.2. The van der Waals surface area contributed by atoms with E-state index in [1.807, 2.05) is 44.0 Å². The van der Waals surface area contributed by atoms with Crippen LogP contribution in [-0.2, 0) is 19.8 Å². The number of piperazine rings is 1. The first-order chi connectivity index (χ1) is 16.4. The van der Waals surface area contributed by atoms with Crippen molar-refractivity contribution in [2.24, 2.45) is 11.3 Å². The van der Waals surface area contributed by atoms with Gasteiger partial charge in [-0.05, 0) is 61.8 Å². The number of benzene rings is 1. The van der Waals surface area contributed by atoms with Crippen molar-refractivity contribution in [1.29, 1.82) is 0 Å². The van der Waals surface area contributed by atoms with Crippen LogP contribution in [0.25, 0.3) is 0 Å². The molecule has 0 radical (unpaired) electrons. The van der Waals surface area contributed by atoms with Gasteiger partial charge in [0.2, 0.25) is 11.8 Å². The number of anilines is 1. The molecule has 1 N–H and O–H groups in total. The van der Waals surface area contributed by atoms with Crippen LogP contribution < -0.4 is 14.8 Å². The summed E-state index contributed by atoms with van der Waals surface area (Å²) < 4.78 is 12.2. The number of nitrogens with one attached hydrogen (secondary N) is 1. The number of hydrogen-bond acceptors (Lipinski definition) is 5. The number of fused-ring (bicyclic) bond motifs is 5. The summed E-state index contributed by atoms with van der Waals surface area (Å²) in [7, 11) is 1.84. The largest absolute Gasteiger partial charge is 0.480 e. The Morgan fingerprint density at radius 1 is 1.09 bits per heavy atom. The zero-order valence-corrected chi connectivity index (χ0v) is 20.6. The summed E-state index contributed by atoms with van der Waals surface area (Å²) >= 11 is 0. The van der Waals surface area contributed by atoms with Gasteiger partial charge in [-0.1, -0.05) is 19.9 Å². The van der Waals surface area contributed by atoms with Gasteiger partial charge in [0.1, 0.15) is 11.1 Å². The molecule has 3 spiro atoms. The lowest BCUT2D eigenvalue weighted by molar-refractivity contribution is -0.184. The average Bonchev–Trinajstić information content (AvgIpc) is 3.29. The Labute approximate surface area is 203 Å². The molecule has 8 rings (SSSR count). The van der Waals surface area contributed by atoms with E-state index in [-0.39, 0.29) is 23.6 Å². The molecule has 35 heavy (non-hydrogen) atoms. The molecule has 4 atom stereocenters. The predicted octanol–water partition coefficient (Wildman–Crippen LogP) is 2.74. The minimum absolute atomic E-state index is 0.0241. The van der Waals surface area contributed by atoms with Crippen LogP contribution in [0.5, 0.6) is 11.5 Å². The highest BCUT2D eigenvalue weighted by Gasteiger charge is 2.79. The Kier molecular flexibility index (Phi) is 3.45. The molecule has 0 unspecified atom stereocenters. The first-order valence-electron chi connectivity index (χ1n) is 12.2. The van der Waals surface area contributed by atoms with Crippen LogP contribution in [0.3, 0.4) is 0 Å². The van der Waals surface area contributed by atoms with E-state index in [0.717, 1.165) is 5.56 Å². The zero-order valence-electron chi connectivity index (χ0n) is 20.6. The lowest BCUT2D eigenvalue weighted by Gasteiger charge is -2.63. The number of ether oxygens (including phenoxy) is 2. The van der Waals surface area contributed by atoms with Crippen LogP contribution in [-0.4, -0.2) is 57.8 Å². The minimum atomic E-state index is -0.944. The molecule has 3 saturated heterocycles. The van der Waals surface area contributed by atoms with Gasteiger partial charge in [-0.25, -0.2) is 0 Å². The zero-order chi connectivity index (χ0) is 24.8. The van der Waals surface area contributed by atoms with E-state index < -0.39 is 27.5 Å². The van der Waals surface area contributed by atoms with Crippen molar-refractivity contribution in [3.8, 4) is 11.5 Å². The Morgan fingerprint density at radius 3 is 2.63 bits per heavy atom. The molecule has 8 nitrogen and oxygen atoms in total. The van der Waals surface area contributed by atoms with E-state index in [0.29, 0.717) is 36.6 Å². The summed E-state index contributed by atoms with van der Waals surface area (Å²) in [5, 5.41) is 3.14. The van der Waals surface area contributed by atoms with E-state index in [1.165, 1.54) is 6.08 Å². The quantitative estimate of drug-likeness (QED) is 0.624. The molecule has 1 aromatic carbocycles. The smallest absolute Gasteiger partial charge is 0.252 e. The molecule has 8 heteroatoms. The Hall–Kier alpha value is -3.29. The van der Waals surface area contributed by atoms with Crippen LogP contribution in [0.15, 0.2) is 36.6 Å². The fourth-order valence-corrected chi connectivity index (χ4v) is 8.17. The topological polar surface area (TPSA) is 88.2 Å². The molecular formula is C27H29N3O5. The van der Waals surface area contributed by atoms with Crippen molar-refractivity contribution in [2.75, 3.05) is 18.9 Å². The van der Waals surface area contributed by atoms with E-state index in [1.54, 1.807) is 17.2 Å². The van der Waals surface area contributed by atoms with Gasteiger partial charge in [0.15, 0.2) is 11.5 Å². The van der Waals surface area contributed by atoms with Crippen LogP contribution >= 0.6 is 0 Å². The Balaban J connectivity index is 1.42. The molecular weight excluding hydrogens is 446 g/mol. The summed E-state index contributed by atoms with van der Waals surface area (Å²) in [4.78, 5) is 44.0. The monoisotopic (exact) mass is 475 g/mol. The van der Waals surface area contributed by atoms with Crippen LogP contribution in [0.2, 0.25) is 0 Å². The van der Waals surface area contributed by atoms with Gasteiger partial charge in [-0.15, -0.1) is 0 Å². The number of nitrogens with zero attached hydrogens (tertiary/aromatic N) is 2. The van der Waals surface area contributed by atoms with Gasteiger partial charge in [-0.2, -0.15) is 0 Å². The number of hydrogen-bond donors (Lipinski definition) is 1. The first kappa shape index (κ1) is 21.0. The normalized spacial score (nSPS) is 38.5. The summed E-state index contributed by atoms with van der Waals surface area (Å²) in [5.74, 6) is 0.838. The van der Waals surface area contributed by atoms with E-state index in [2.05, 4.69) is 19.2 Å². The standard InChI is InChI=1S/C27H29N3O5/c1-23(2)10-11-34-20-16(35-23)7-6-15-19(20)28-21(32)27(15)13-26-14-30-18(31)8-9-25(30,22(33)29(26)5)12-17(26)24(27,3)4/h6-11,17H,12-14H2,1-5H3,(H,28,32)/t17-,25-,26+,27+/m0/s1. The van der Waals surface area contributed by atoms with Crippen molar-refractivity contribution < 1.29 is 23.9 Å². The highest BCUT2D eigenvalue weighted by molar-refractivity contribution is 6.10. The second kappa shape index (κ2) is 5.74. The Bertz CT molecular complexity index is 1330. The van der Waals surface area contributed by atoms with Crippen molar-refractivity contribution in [3.05, 3.63) is 42.2 Å². The summed E-state index contributed by atoms with van der Waals surface area (Å²) in [6.45, 7) is 8.62. The maximum atomic E-state index is 14.1. The molecule has 1 saturated carbocycles. The molecule has 182 valence electrons. The fraction of sp³-hybridized carbons (Fsp3) is 0.519. The number of carbonyl (C=O) groups is 3. The summed E-state index contributed by atoms with van der Waals surface area (Å²) in [6, 6.07) is 3.86. The summed E-state index contributed by atoms with van der Waals surface area (Å²) in [5.41, 5.74) is -2.00. The van der Waals surface area contributed by atoms with Crippen molar-refractivity contribution in [1.82, 2.24) is 9.80 Å². The average molecular weight is 476 g/mol. The molecule has 2 bridgehead atoms. The SMILES string of the molecule is CN1C(=O)[C@@]23C=CC(=O)N2C[C@@]12C[C@@]1(C(=O)Nc4c1ccc1c4OC=CC(C)(C)O1)C(C)(C)[C@@H]2C3. The van der Waals surface area contributed by atoms with E-state index in [9.17, 15) is 14.4 Å². The third-order valence-corrected chi connectivity index (χ3v) is 9.97. The van der Waals surface area contributed by atoms with E-state index in [4.69, 9.17) is 9.47 Å². The van der Waals surface area contributed by atoms with Gasteiger partial charge >= 0.3 is 0 Å². The van der Waals surface area contributed by atoms with Gasteiger partial charge in [0, 0.05) is 19.7 Å². The van der Waals surface area contributed by atoms with Gasteiger partial charge in [-0.3, -0.25) is 14.4 Å². The molecule has 6 heterocycles. The third kappa shape index (κ3) is 2.07. The van der Waals surface area contributed by atoms with Crippen LogP contribution in [0.1, 0.15) is 46.1 Å². The van der Waals surface area contributed by atoms with Crippen LogP contribution in [0, 0.1) is 11.3 Å². The lowest BCUT2D eigenvalue weighted by Crippen LogP contribution is -2.79. The number of carbonyl (C=O) groups excluding carboxylic acids is 3. The van der Waals surface area contributed by atoms with Crippen molar-refractivity contribution >= 4 is 23.4 Å². The highest BCUT2D eigenvalue weighted by Crippen LogP contribution is 2.72. The van der Waals surface area contributed by atoms with Gasteiger partial charge in [0.05, 0.1) is 22.9 Å². The lowest BCUT2D eigenvalue weighted by atomic mass is 9.57. The molecule has 7 aliphatic rings. The molecule has 1 aromatic rings. The highest BCUT2D eigenvalue weighted by atomic mass is 16.5.